The van der Waals surface area contributed by atoms with Crippen molar-refractivity contribution in [1.82, 2.24) is 19.9 Å². The third-order valence-corrected chi connectivity index (χ3v) is 11.5. The van der Waals surface area contributed by atoms with E-state index in [4.69, 9.17) is 0 Å². The van der Waals surface area contributed by atoms with Gasteiger partial charge in [-0.25, -0.2) is 16.8 Å². The van der Waals surface area contributed by atoms with E-state index in [0.29, 0.717) is 43.6 Å². The molecule has 17 heteroatoms. The summed E-state index contributed by atoms with van der Waals surface area (Å²) in [5.74, 6) is 0. The van der Waals surface area contributed by atoms with Crippen LogP contribution in [0.5, 0.6) is 0 Å². The molecule has 1 radical (unpaired) electrons. The maximum absolute atomic E-state index is 13.0. The van der Waals surface area contributed by atoms with Crippen LogP contribution in [-0.4, -0.2) is 45.9 Å². The number of fused-ring (bicyclic) bond motifs is 8. The number of hydrogen-bond acceptors (Lipinski definition) is 10. The van der Waals surface area contributed by atoms with Gasteiger partial charge in [0.25, 0.3) is 0 Å². The van der Waals surface area contributed by atoms with Crippen molar-refractivity contribution in [2.75, 3.05) is 0 Å². The average molecular weight is 838 g/mol. The first-order valence-corrected chi connectivity index (χ1v) is 19.5. The van der Waals surface area contributed by atoms with E-state index in [1.165, 1.54) is 36.4 Å². The van der Waals surface area contributed by atoms with Crippen molar-refractivity contribution in [3.8, 4) is 0 Å². The molecule has 0 saturated heterocycles. The Morgan fingerprint density at radius 1 is 0.351 bits per heavy atom. The van der Waals surface area contributed by atoms with Crippen molar-refractivity contribution in [2.24, 2.45) is 0 Å². The molecule has 281 valence electrons. The Labute approximate surface area is 328 Å². The standard InChI is InChI=1S/2C20H12N2O5S.Mn/c2*23-19-10-4-1-2-6-14(10)21-15-8-13-16(9-12(15)19)22-18-11(20(13)24)5-3-7-17(18)28(25,26)27;/h2*1-9H,(H,21,23)(H,22,24)(H,25,26,27);/q;;+2/p-2. The number of aromatic amines is 4. The predicted octanol–water partition coefficient (Wildman–Crippen LogP) is 5.16. The Bertz CT molecular complexity index is 3620. The monoisotopic (exact) mass is 837 g/mol. The van der Waals surface area contributed by atoms with E-state index in [9.17, 15) is 45.1 Å². The largest absolute Gasteiger partial charge is 2.00 e. The number of para-hydroxylation sites is 4. The van der Waals surface area contributed by atoms with Gasteiger partial charge in [-0.2, -0.15) is 0 Å². The average Bonchev–Trinajstić information content (AvgIpc) is 3.17. The van der Waals surface area contributed by atoms with Crippen LogP contribution in [0.4, 0.5) is 0 Å². The van der Waals surface area contributed by atoms with Crippen molar-refractivity contribution in [3.63, 3.8) is 0 Å². The maximum Gasteiger partial charge on any atom is 2.00 e. The minimum absolute atomic E-state index is 0. The SMILES string of the molecule is O=c1c2ccccc2[nH]c2cc3c(=O)c4cccc(S(=O)(=O)[O-])c4[nH]c3cc12.O=c1c2ccccc2[nH]c2cc3c(=O)c4cccc(S(=O)(=O)[O-])c4[nH]c3cc12.[Mn+2]. The molecule has 0 saturated carbocycles. The second-order valence-corrected chi connectivity index (χ2v) is 15.8. The molecule has 0 spiro atoms. The van der Waals surface area contributed by atoms with Crippen LogP contribution in [-0.2, 0) is 37.3 Å². The third kappa shape index (κ3) is 6.09. The minimum atomic E-state index is -4.78. The van der Waals surface area contributed by atoms with Crippen LogP contribution in [0.25, 0.3) is 87.2 Å². The third-order valence-electron chi connectivity index (χ3n) is 9.78. The fourth-order valence-corrected chi connectivity index (χ4v) is 8.51. The van der Waals surface area contributed by atoms with Gasteiger partial charge in [0, 0.05) is 54.1 Å². The van der Waals surface area contributed by atoms with E-state index in [2.05, 4.69) is 19.9 Å². The molecule has 57 heavy (non-hydrogen) atoms. The van der Waals surface area contributed by atoms with Crippen molar-refractivity contribution in [1.29, 1.82) is 0 Å². The Kier molecular flexibility index (Phi) is 8.77. The maximum atomic E-state index is 13.0. The van der Waals surface area contributed by atoms with Gasteiger partial charge in [0.1, 0.15) is 20.2 Å². The summed E-state index contributed by atoms with van der Waals surface area (Å²) in [5, 5.41) is 2.45. The van der Waals surface area contributed by atoms with Crippen LogP contribution in [0.2, 0.25) is 0 Å². The molecule has 4 aromatic heterocycles. The van der Waals surface area contributed by atoms with Gasteiger partial charge in [-0.1, -0.05) is 36.4 Å². The molecule has 0 unspecified atom stereocenters. The van der Waals surface area contributed by atoms with Gasteiger partial charge < -0.3 is 29.0 Å². The smallest absolute Gasteiger partial charge is 0.744 e. The fraction of sp³-hybridized carbons (Fsp3) is 0. The summed E-state index contributed by atoms with van der Waals surface area (Å²) in [7, 11) is -9.56. The number of H-pyrrole nitrogens is 4. The molecule has 0 aliphatic heterocycles. The van der Waals surface area contributed by atoms with Gasteiger partial charge in [0.2, 0.25) is 0 Å². The molecule has 10 aromatic rings. The Balaban J connectivity index is 0.000000157. The molecule has 14 nitrogen and oxygen atoms in total. The van der Waals surface area contributed by atoms with Crippen molar-refractivity contribution in [3.05, 3.63) is 150 Å². The van der Waals surface area contributed by atoms with Crippen LogP contribution in [0.15, 0.2) is 138 Å². The molecular weight excluding hydrogens is 816 g/mol. The van der Waals surface area contributed by atoms with Crippen LogP contribution in [0.1, 0.15) is 0 Å². The van der Waals surface area contributed by atoms with Gasteiger partial charge in [0.05, 0.1) is 42.9 Å². The van der Waals surface area contributed by atoms with Crippen molar-refractivity contribution >= 4 is 107 Å². The van der Waals surface area contributed by atoms with E-state index in [1.807, 2.05) is 0 Å². The Hall–Kier alpha value is -6.46. The summed E-state index contributed by atoms with van der Waals surface area (Å²) in [4.78, 5) is 62.6. The molecule has 4 N–H and O–H groups in total. The summed E-state index contributed by atoms with van der Waals surface area (Å²) >= 11 is 0. The first-order valence-electron chi connectivity index (χ1n) is 16.7. The van der Waals surface area contributed by atoms with Crippen molar-refractivity contribution in [2.45, 2.75) is 9.79 Å². The van der Waals surface area contributed by atoms with Crippen LogP contribution in [0, 0.1) is 0 Å². The summed E-state index contributed by atoms with van der Waals surface area (Å²) in [6, 6.07) is 28.1. The molecule has 0 aliphatic carbocycles. The predicted molar refractivity (Wildman–Crippen MR) is 211 cm³/mol. The van der Waals surface area contributed by atoms with E-state index in [0.717, 1.165) is 12.1 Å². The van der Waals surface area contributed by atoms with E-state index in [-0.39, 0.29) is 71.5 Å². The van der Waals surface area contributed by atoms with Gasteiger partial charge >= 0.3 is 17.1 Å². The number of rotatable bonds is 2. The van der Waals surface area contributed by atoms with Crippen LogP contribution in [0.3, 0.4) is 0 Å². The van der Waals surface area contributed by atoms with Gasteiger partial charge in [-0.05, 0) is 72.8 Å². The zero-order chi connectivity index (χ0) is 39.3. The van der Waals surface area contributed by atoms with Gasteiger partial charge in [0.15, 0.2) is 21.7 Å². The van der Waals surface area contributed by atoms with Crippen molar-refractivity contribution < 1.29 is 43.0 Å². The topological polar surface area (TPSA) is 246 Å². The normalized spacial score (nSPS) is 12.1. The number of benzene rings is 6. The van der Waals surface area contributed by atoms with E-state index >= 15 is 0 Å². The summed E-state index contributed by atoms with van der Waals surface area (Å²) in [6.45, 7) is 0. The van der Waals surface area contributed by atoms with Gasteiger partial charge in [-0.3, -0.25) is 19.2 Å². The molecular formula is C40H22MnN4O10S2. The molecule has 4 heterocycles. The number of nitrogens with one attached hydrogen (secondary N) is 4. The molecule has 0 bridgehead atoms. The summed E-state index contributed by atoms with van der Waals surface area (Å²) < 4.78 is 69.4. The quantitative estimate of drug-likeness (QED) is 0.101. The fourth-order valence-electron chi connectivity index (χ4n) is 7.20. The number of hydrogen-bond donors (Lipinski definition) is 4. The molecule has 0 amide bonds. The van der Waals surface area contributed by atoms with E-state index in [1.54, 1.807) is 60.7 Å². The number of pyridine rings is 4. The molecule has 0 aliphatic rings. The molecule has 10 rings (SSSR count). The van der Waals surface area contributed by atoms with Crippen LogP contribution < -0.4 is 21.7 Å². The summed E-state index contributed by atoms with van der Waals surface area (Å²) in [5.41, 5.74) is 1.45. The minimum Gasteiger partial charge on any atom is -0.744 e. The Morgan fingerprint density at radius 3 is 1.00 bits per heavy atom. The first kappa shape index (κ1) is 37.5. The summed E-state index contributed by atoms with van der Waals surface area (Å²) in [6.07, 6.45) is 0. The van der Waals surface area contributed by atoms with Gasteiger partial charge in [-0.15, -0.1) is 0 Å². The second kappa shape index (κ2) is 13.3. The Morgan fingerprint density at radius 2 is 0.649 bits per heavy atom. The zero-order valence-electron chi connectivity index (χ0n) is 28.7. The molecule has 0 fully saturated rings. The first-order chi connectivity index (χ1) is 26.7. The second-order valence-electron chi connectivity index (χ2n) is 13.1. The molecule has 0 atom stereocenters. The van der Waals surface area contributed by atoms with Crippen LogP contribution >= 0.6 is 0 Å². The zero-order valence-corrected chi connectivity index (χ0v) is 31.5. The molecule has 6 aromatic carbocycles. The number of aromatic nitrogens is 4. The van der Waals surface area contributed by atoms with E-state index < -0.39 is 40.9 Å².